The van der Waals surface area contributed by atoms with Gasteiger partial charge in [0, 0.05) is 6.54 Å². The third-order valence-corrected chi connectivity index (χ3v) is 2.95. The van der Waals surface area contributed by atoms with Crippen molar-refractivity contribution in [1.29, 1.82) is 5.41 Å². The Hall–Kier alpha value is -1.89. The van der Waals surface area contributed by atoms with Crippen molar-refractivity contribution in [1.82, 2.24) is 4.90 Å². The molecule has 1 aliphatic rings. The summed E-state index contributed by atoms with van der Waals surface area (Å²) in [6.07, 6.45) is 0. The molecule has 0 atom stereocenters. The summed E-state index contributed by atoms with van der Waals surface area (Å²) in [6.45, 7) is 1.86. The lowest BCUT2D eigenvalue weighted by Crippen LogP contribution is -2.34. The summed E-state index contributed by atoms with van der Waals surface area (Å²) >= 11 is 4.89. The Balaban J connectivity index is 2.55. The topological polar surface area (TPSA) is 47.4 Å². The molecule has 0 radical (unpaired) electrons. The van der Waals surface area contributed by atoms with Crippen LogP contribution in [0.4, 0.5) is 19.3 Å². The number of anilines is 1. The smallest absolute Gasteiger partial charge is 0.282 e. The van der Waals surface area contributed by atoms with Gasteiger partial charge in [0.05, 0.1) is 0 Å². The summed E-state index contributed by atoms with van der Waals surface area (Å²) in [5, 5.41) is 7.64. The lowest BCUT2D eigenvalue weighted by atomic mass is 10.2. The van der Waals surface area contributed by atoms with Crippen LogP contribution in [0.1, 0.15) is 6.92 Å². The molecule has 1 aliphatic heterocycles. The van der Waals surface area contributed by atoms with E-state index in [1.165, 1.54) is 6.07 Å². The van der Waals surface area contributed by atoms with Gasteiger partial charge in [0.2, 0.25) is 0 Å². The molecule has 18 heavy (non-hydrogen) atoms. The molecule has 0 bridgehead atoms. The molecule has 7 heteroatoms. The van der Waals surface area contributed by atoms with Gasteiger partial charge in [-0.1, -0.05) is 18.3 Å². The molecule has 0 unspecified atom stereocenters. The minimum Gasteiger partial charge on any atom is -0.282 e. The second-order valence-electron chi connectivity index (χ2n) is 3.59. The van der Waals surface area contributed by atoms with Crippen LogP contribution < -0.4 is 4.90 Å². The summed E-state index contributed by atoms with van der Waals surface area (Å²) in [7, 11) is 0. The number of carbonyl (C=O) groups excluding carboxylic acids is 1. The van der Waals surface area contributed by atoms with Gasteiger partial charge in [-0.05, 0) is 19.1 Å². The molecule has 0 aliphatic carbocycles. The van der Waals surface area contributed by atoms with Crippen LogP contribution in [0.15, 0.2) is 18.2 Å². The molecule has 0 aromatic heterocycles. The molecule has 4 nitrogen and oxygen atoms in total. The first-order valence-electron chi connectivity index (χ1n) is 5.17. The molecule has 2 rings (SSSR count). The molecule has 0 saturated carbocycles. The van der Waals surface area contributed by atoms with E-state index >= 15 is 0 Å². The van der Waals surface area contributed by atoms with Gasteiger partial charge in [0.15, 0.2) is 10.8 Å². The van der Waals surface area contributed by atoms with Gasteiger partial charge in [-0.15, -0.1) is 0 Å². The normalized spacial score (nSPS) is 15.8. The number of rotatable bonds is 2. The van der Waals surface area contributed by atoms with Gasteiger partial charge in [0.25, 0.3) is 0 Å². The van der Waals surface area contributed by atoms with E-state index in [1.807, 2.05) is 0 Å². The predicted molar refractivity (Wildman–Crippen MR) is 66.9 cm³/mol. The van der Waals surface area contributed by atoms with E-state index < -0.39 is 23.4 Å². The van der Waals surface area contributed by atoms with Crippen molar-refractivity contribution < 1.29 is 13.6 Å². The van der Waals surface area contributed by atoms with Gasteiger partial charge in [0.1, 0.15) is 17.3 Å². The number of halogens is 2. The van der Waals surface area contributed by atoms with Crippen LogP contribution in [0, 0.1) is 17.0 Å². The van der Waals surface area contributed by atoms with E-state index in [0.717, 1.165) is 17.0 Å². The fourth-order valence-electron chi connectivity index (χ4n) is 1.72. The molecule has 94 valence electrons. The van der Waals surface area contributed by atoms with E-state index in [1.54, 1.807) is 6.92 Å². The highest BCUT2D eigenvalue weighted by molar-refractivity contribution is 7.82. The molecule has 1 saturated heterocycles. The highest BCUT2D eigenvalue weighted by atomic mass is 32.1. The Bertz CT molecular complexity index is 541. The number of urea groups is 1. The number of nitrogens with one attached hydrogen (secondary N) is 1. The minimum atomic E-state index is -0.892. The lowest BCUT2D eigenvalue weighted by molar-refractivity contribution is 0.234. The van der Waals surface area contributed by atoms with Crippen LogP contribution in [0.25, 0.3) is 0 Å². The van der Waals surface area contributed by atoms with E-state index in [9.17, 15) is 13.6 Å². The average Bonchev–Trinajstić information content (AvgIpc) is 2.53. The lowest BCUT2D eigenvalue weighted by Gasteiger charge is -2.16. The molecule has 1 N–H and O–H groups in total. The van der Waals surface area contributed by atoms with Crippen molar-refractivity contribution in [3.63, 3.8) is 0 Å². The van der Waals surface area contributed by atoms with Crippen LogP contribution in [0.3, 0.4) is 0 Å². The third kappa shape index (κ3) is 1.67. The summed E-state index contributed by atoms with van der Waals surface area (Å²) < 4.78 is 27.2. The van der Waals surface area contributed by atoms with Crippen molar-refractivity contribution >= 4 is 34.8 Å². The van der Waals surface area contributed by atoms with Gasteiger partial charge >= 0.3 is 6.03 Å². The molecule has 1 aromatic carbocycles. The number of benzene rings is 1. The predicted octanol–water partition coefficient (Wildman–Crippen LogP) is 2.53. The van der Waals surface area contributed by atoms with E-state index in [-0.39, 0.29) is 17.4 Å². The number of hydrogen-bond donors (Lipinski definition) is 1. The maximum absolute atomic E-state index is 13.6. The Labute approximate surface area is 107 Å². The number of amidine groups is 1. The largest absolute Gasteiger partial charge is 0.335 e. The molecule has 2 amide bonds. The standard InChI is InChI=1S/C11H9F2N3OS/c1-2-15-9(14)10(18)16(11(15)17)8-6(12)4-3-5-7(8)13/h3-5,14H,2H2,1H3. The number of hydrogen-bond acceptors (Lipinski definition) is 3. The van der Waals surface area contributed by atoms with E-state index in [4.69, 9.17) is 17.6 Å². The minimum absolute atomic E-state index is 0.203. The Kier molecular flexibility index (Phi) is 3.08. The van der Waals surface area contributed by atoms with Crippen LogP contribution in [0.2, 0.25) is 0 Å². The second-order valence-corrected chi connectivity index (χ2v) is 3.97. The molecule has 1 fully saturated rings. The SMILES string of the molecule is CCN1C(=N)C(=S)N(c2c(F)cccc2F)C1=O. The zero-order valence-electron chi connectivity index (χ0n) is 9.41. The van der Waals surface area contributed by atoms with Crippen LogP contribution in [0.5, 0.6) is 0 Å². The first-order chi connectivity index (χ1) is 8.49. The van der Waals surface area contributed by atoms with Gasteiger partial charge < -0.3 is 0 Å². The maximum atomic E-state index is 13.6. The molecular formula is C11H9F2N3OS. The molecule has 0 spiro atoms. The monoisotopic (exact) mass is 269 g/mol. The summed E-state index contributed by atoms with van der Waals surface area (Å²) in [4.78, 5) is 13.5. The average molecular weight is 269 g/mol. The number of nitrogens with zero attached hydrogens (tertiary/aromatic N) is 2. The highest BCUT2D eigenvalue weighted by Crippen LogP contribution is 2.28. The molecule has 1 heterocycles. The van der Waals surface area contributed by atoms with Gasteiger partial charge in [-0.3, -0.25) is 10.3 Å². The van der Waals surface area contributed by atoms with Crippen molar-refractivity contribution in [2.45, 2.75) is 6.92 Å². The maximum Gasteiger partial charge on any atom is 0.335 e. The summed E-state index contributed by atoms with van der Waals surface area (Å²) in [6, 6.07) is 2.55. The first kappa shape index (κ1) is 12.6. The Morgan fingerprint density at radius 2 is 1.89 bits per heavy atom. The van der Waals surface area contributed by atoms with Crippen molar-refractivity contribution in [2.75, 3.05) is 11.4 Å². The number of carbonyl (C=O) groups is 1. The quantitative estimate of drug-likeness (QED) is 0.839. The number of thiocarbonyl (C=S) groups is 1. The fraction of sp³-hybridized carbons (Fsp3) is 0.182. The molecular weight excluding hydrogens is 260 g/mol. The number of amides is 2. The van der Waals surface area contributed by atoms with Crippen LogP contribution in [-0.4, -0.2) is 28.3 Å². The van der Waals surface area contributed by atoms with Crippen molar-refractivity contribution in [2.24, 2.45) is 0 Å². The van der Waals surface area contributed by atoms with Crippen molar-refractivity contribution in [3.05, 3.63) is 29.8 Å². The van der Waals surface area contributed by atoms with Gasteiger partial charge in [-0.2, -0.15) is 0 Å². The Morgan fingerprint density at radius 3 is 2.33 bits per heavy atom. The summed E-state index contributed by atoms with van der Waals surface area (Å²) in [5.74, 6) is -2.01. The zero-order chi connectivity index (χ0) is 13.4. The summed E-state index contributed by atoms with van der Waals surface area (Å²) in [5.41, 5.74) is -0.534. The Morgan fingerprint density at radius 1 is 1.33 bits per heavy atom. The number of likely N-dealkylation sites (N-methyl/N-ethyl adjacent to an activating group) is 1. The van der Waals surface area contributed by atoms with Crippen LogP contribution in [-0.2, 0) is 0 Å². The molecule has 1 aromatic rings. The first-order valence-corrected chi connectivity index (χ1v) is 5.58. The fourth-order valence-corrected chi connectivity index (χ4v) is 2.00. The van der Waals surface area contributed by atoms with Crippen LogP contribution >= 0.6 is 12.2 Å². The highest BCUT2D eigenvalue weighted by Gasteiger charge is 2.40. The van der Waals surface area contributed by atoms with E-state index in [2.05, 4.69) is 0 Å². The zero-order valence-corrected chi connectivity index (χ0v) is 10.2. The van der Waals surface area contributed by atoms with Gasteiger partial charge in [-0.25, -0.2) is 18.5 Å². The second kappa shape index (κ2) is 4.41. The van der Waals surface area contributed by atoms with E-state index in [0.29, 0.717) is 4.90 Å². The number of para-hydroxylation sites is 1. The van der Waals surface area contributed by atoms with Crippen molar-refractivity contribution in [3.8, 4) is 0 Å². The third-order valence-electron chi connectivity index (χ3n) is 2.58.